The highest BCUT2D eigenvalue weighted by molar-refractivity contribution is 7.92. The molecule has 4 heteroatoms. The van der Waals surface area contributed by atoms with Crippen molar-refractivity contribution in [3.63, 3.8) is 0 Å². The third-order valence-corrected chi connectivity index (χ3v) is 5.82. The van der Waals surface area contributed by atoms with Crippen molar-refractivity contribution in [2.75, 3.05) is 0 Å². The van der Waals surface area contributed by atoms with Crippen LogP contribution in [0.4, 0.5) is 0 Å². The Morgan fingerprint density at radius 2 is 1.12 bits per heavy atom. The van der Waals surface area contributed by atoms with Crippen molar-refractivity contribution < 1.29 is 13.2 Å². The minimum atomic E-state index is -3.85. The molecular weight excluding hydrogens is 320 g/mol. The zero-order chi connectivity index (χ0) is 17.0. The van der Waals surface area contributed by atoms with E-state index in [0.717, 1.165) is 0 Å². The van der Waals surface area contributed by atoms with Gasteiger partial charge in [-0.3, -0.25) is 4.79 Å². The minimum absolute atomic E-state index is 0.142. The van der Waals surface area contributed by atoms with E-state index in [4.69, 9.17) is 0 Å². The van der Waals surface area contributed by atoms with Gasteiger partial charge in [0.15, 0.2) is 20.9 Å². The van der Waals surface area contributed by atoms with Crippen LogP contribution in [0.2, 0.25) is 0 Å². The summed E-state index contributed by atoms with van der Waals surface area (Å²) in [5.41, 5.74) is 0.848. The van der Waals surface area contributed by atoms with Crippen molar-refractivity contribution in [1.29, 1.82) is 0 Å². The SMILES string of the molecule is O=C(c1ccccc1)[C@H](c1ccccc1)S(=O)(=O)c1ccccc1. The van der Waals surface area contributed by atoms with E-state index in [1.807, 2.05) is 0 Å². The van der Waals surface area contributed by atoms with E-state index in [0.29, 0.717) is 11.1 Å². The van der Waals surface area contributed by atoms with Crippen molar-refractivity contribution >= 4 is 15.6 Å². The molecule has 3 aromatic carbocycles. The molecule has 0 saturated carbocycles. The first-order chi connectivity index (χ1) is 11.6. The van der Waals surface area contributed by atoms with Crippen LogP contribution in [-0.4, -0.2) is 14.2 Å². The molecule has 0 bridgehead atoms. The maximum Gasteiger partial charge on any atom is 0.192 e. The first-order valence-corrected chi connectivity index (χ1v) is 9.08. The summed E-state index contributed by atoms with van der Waals surface area (Å²) >= 11 is 0. The van der Waals surface area contributed by atoms with Crippen molar-refractivity contribution in [1.82, 2.24) is 0 Å². The molecular formula is C20H16O3S. The zero-order valence-electron chi connectivity index (χ0n) is 12.9. The van der Waals surface area contributed by atoms with E-state index in [9.17, 15) is 13.2 Å². The number of sulfone groups is 1. The van der Waals surface area contributed by atoms with Gasteiger partial charge in [-0.2, -0.15) is 0 Å². The summed E-state index contributed by atoms with van der Waals surface area (Å²) in [4.78, 5) is 13.1. The van der Waals surface area contributed by atoms with Crippen LogP contribution >= 0.6 is 0 Å². The Kier molecular flexibility index (Phi) is 4.58. The molecule has 0 radical (unpaired) electrons. The van der Waals surface area contributed by atoms with E-state index in [1.165, 1.54) is 12.1 Å². The number of rotatable bonds is 5. The van der Waals surface area contributed by atoms with Crippen LogP contribution in [0.3, 0.4) is 0 Å². The lowest BCUT2D eigenvalue weighted by molar-refractivity contribution is 0.0986. The Morgan fingerprint density at radius 3 is 1.67 bits per heavy atom. The van der Waals surface area contributed by atoms with E-state index < -0.39 is 20.9 Å². The zero-order valence-corrected chi connectivity index (χ0v) is 13.7. The molecule has 3 rings (SSSR count). The molecule has 1 atom stereocenters. The van der Waals surface area contributed by atoms with Crippen LogP contribution in [0.15, 0.2) is 95.9 Å². The highest BCUT2D eigenvalue weighted by Gasteiger charge is 2.35. The Morgan fingerprint density at radius 1 is 0.667 bits per heavy atom. The van der Waals surface area contributed by atoms with E-state index in [-0.39, 0.29) is 4.90 Å². The van der Waals surface area contributed by atoms with Gasteiger partial charge in [-0.05, 0) is 17.7 Å². The Hall–Kier alpha value is -2.72. The van der Waals surface area contributed by atoms with Gasteiger partial charge in [0.1, 0.15) is 0 Å². The van der Waals surface area contributed by atoms with Crippen LogP contribution in [0.25, 0.3) is 0 Å². The normalized spacial score (nSPS) is 12.5. The third-order valence-electron chi connectivity index (χ3n) is 3.78. The fraction of sp³-hybridized carbons (Fsp3) is 0.0500. The number of Topliss-reactive ketones (excluding diaryl/α,β-unsaturated/α-hetero) is 1. The second-order valence-electron chi connectivity index (χ2n) is 5.38. The molecule has 0 spiro atoms. The van der Waals surface area contributed by atoms with Crippen molar-refractivity contribution in [3.05, 3.63) is 102 Å². The predicted molar refractivity (Wildman–Crippen MR) is 93.6 cm³/mol. The van der Waals surface area contributed by atoms with Crippen LogP contribution < -0.4 is 0 Å². The van der Waals surface area contributed by atoms with Crippen molar-refractivity contribution in [3.8, 4) is 0 Å². The summed E-state index contributed by atoms with van der Waals surface area (Å²) in [5, 5.41) is -1.26. The number of carbonyl (C=O) groups is 1. The fourth-order valence-electron chi connectivity index (χ4n) is 2.60. The van der Waals surface area contributed by atoms with Gasteiger partial charge in [-0.25, -0.2) is 8.42 Å². The number of benzene rings is 3. The maximum absolute atomic E-state index is 13.1. The largest absolute Gasteiger partial charge is 0.292 e. The van der Waals surface area contributed by atoms with Crippen LogP contribution in [-0.2, 0) is 9.84 Å². The summed E-state index contributed by atoms with van der Waals surface area (Å²) in [7, 11) is -3.85. The monoisotopic (exact) mass is 336 g/mol. The average molecular weight is 336 g/mol. The molecule has 0 aliphatic carbocycles. The summed E-state index contributed by atoms with van der Waals surface area (Å²) < 4.78 is 26.3. The van der Waals surface area contributed by atoms with Crippen LogP contribution in [0.1, 0.15) is 21.2 Å². The number of ketones is 1. The summed E-state index contributed by atoms with van der Waals surface area (Å²) in [5.74, 6) is -0.425. The molecule has 0 aliphatic heterocycles. The molecule has 0 aromatic heterocycles. The molecule has 24 heavy (non-hydrogen) atoms. The van der Waals surface area contributed by atoms with Gasteiger partial charge in [-0.15, -0.1) is 0 Å². The van der Waals surface area contributed by atoms with Crippen molar-refractivity contribution in [2.24, 2.45) is 0 Å². The highest BCUT2D eigenvalue weighted by Crippen LogP contribution is 2.32. The fourth-order valence-corrected chi connectivity index (χ4v) is 4.34. The maximum atomic E-state index is 13.1. The Bertz CT molecular complexity index is 918. The minimum Gasteiger partial charge on any atom is -0.292 e. The van der Waals surface area contributed by atoms with Crippen LogP contribution in [0.5, 0.6) is 0 Å². The standard InChI is InChI=1S/C20H16O3S/c21-19(16-10-4-1-5-11-16)20(17-12-6-2-7-13-17)24(22,23)18-14-8-3-9-15-18/h1-15,20H/t20-/m0/s1. The Labute approximate surface area is 141 Å². The lowest BCUT2D eigenvalue weighted by Gasteiger charge is -2.17. The second kappa shape index (κ2) is 6.81. The molecule has 0 saturated heterocycles. The molecule has 0 N–H and O–H groups in total. The molecule has 0 fully saturated rings. The predicted octanol–water partition coefficient (Wildman–Crippen LogP) is 4.08. The lowest BCUT2D eigenvalue weighted by atomic mass is 10.0. The molecule has 3 nitrogen and oxygen atoms in total. The Balaban J connectivity index is 2.15. The van der Waals surface area contributed by atoms with Gasteiger partial charge in [0.25, 0.3) is 0 Å². The first kappa shape index (κ1) is 16.1. The van der Waals surface area contributed by atoms with Gasteiger partial charge in [0, 0.05) is 5.56 Å². The third kappa shape index (κ3) is 3.14. The molecule has 0 heterocycles. The second-order valence-corrected chi connectivity index (χ2v) is 7.41. The van der Waals surface area contributed by atoms with E-state index in [2.05, 4.69) is 0 Å². The van der Waals surface area contributed by atoms with Gasteiger partial charge in [0.05, 0.1) is 4.90 Å². The van der Waals surface area contributed by atoms with Gasteiger partial charge >= 0.3 is 0 Å². The topological polar surface area (TPSA) is 51.2 Å². The number of carbonyl (C=O) groups excluding carboxylic acids is 1. The summed E-state index contributed by atoms with van der Waals surface area (Å²) in [6.45, 7) is 0. The molecule has 0 aliphatic rings. The number of hydrogen-bond donors (Lipinski definition) is 0. The average Bonchev–Trinajstić information content (AvgIpc) is 2.64. The van der Waals surface area contributed by atoms with Crippen LogP contribution in [0, 0.1) is 0 Å². The first-order valence-electron chi connectivity index (χ1n) is 7.54. The van der Waals surface area contributed by atoms with E-state index in [1.54, 1.807) is 78.9 Å². The number of hydrogen-bond acceptors (Lipinski definition) is 3. The summed E-state index contributed by atoms with van der Waals surface area (Å²) in [6.07, 6.45) is 0. The smallest absolute Gasteiger partial charge is 0.192 e. The molecule has 0 unspecified atom stereocenters. The highest BCUT2D eigenvalue weighted by atomic mass is 32.2. The lowest BCUT2D eigenvalue weighted by Crippen LogP contribution is -2.23. The molecule has 120 valence electrons. The van der Waals surface area contributed by atoms with Gasteiger partial charge in [-0.1, -0.05) is 78.9 Å². The molecule has 0 amide bonds. The van der Waals surface area contributed by atoms with Crippen molar-refractivity contribution in [2.45, 2.75) is 10.1 Å². The summed E-state index contributed by atoms with van der Waals surface area (Å²) in [6, 6.07) is 25.2. The molecule has 3 aromatic rings. The quantitative estimate of drug-likeness (QED) is 0.660. The van der Waals surface area contributed by atoms with Gasteiger partial charge in [0.2, 0.25) is 0 Å². The van der Waals surface area contributed by atoms with E-state index >= 15 is 0 Å². The van der Waals surface area contributed by atoms with Gasteiger partial charge < -0.3 is 0 Å².